The summed E-state index contributed by atoms with van der Waals surface area (Å²) in [5.74, 6) is -3.21. The monoisotopic (exact) mass is 600 g/mol. The Morgan fingerprint density at radius 2 is 1.53 bits per heavy atom. The van der Waals surface area contributed by atoms with Gasteiger partial charge in [0, 0.05) is 48.3 Å². The molecule has 7 heteroatoms. The van der Waals surface area contributed by atoms with E-state index in [1.807, 2.05) is 32.9 Å². The molecule has 2 fully saturated rings. The lowest BCUT2D eigenvalue weighted by Crippen LogP contribution is -2.63. The van der Waals surface area contributed by atoms with Gasteiger partial charge in [-0.3, -0.25) is 14.4 Å². The number of carbonyl (C=O) groups is 3. The first-order valence-electron chi connectivity index (χ1n) is 17.0. The first-order chi connectivity index (χ1) is 20.4. The van der Waals surface area contributed by atoms with Gasteiger partial charge in [0.2, 0.25) is 0 Å². The second-order valence-electron chi connectivity index (χ2n) is 14.5. The van der Waals surface area contributed by atoms with Crippen LogP contribution in [0.5, 0.6) is 0 Å². The highest BCUT2D eigenvalue weighted by Crippen LogP contribution is 2.77. The number of hydrogen-bond donors (Lipinski definition) is 2. The van der Waals surface area contributed by atoms with Crippen molar-refractivity contribution in [3.63, 3.8) is 0 Å². The van der Waals surface area contributed by atoms with Crippen molar-refractivity contribution >= 4 is 17.7 Å². The standard InChI is InChI=1S/C36H56O7/c1-7-8-9-10-11-12-13-14-15-16-17-18-30(39)42-33-24(3)35(41)28-19-23(2)31(40)27(28)20-26(22-37)21-29(35)32-34(5,6)36(32,33)43-25(4)38/h19,21,24,27-29,32-33,37,41H,7-18,20,22H2,1-6H3/t24-,27-,28-,29+,32-,33-,35+,36-/m1/s1. The molecular formula is C36H56O7. The number of fused-ring (bicyclic) bond motifs is 5. The molecule has 0 heterocycles. The quantitative estimate of drug-likeness (QED) is 0.123. The highest BCUT2D eigenvalue weighted by molar-refractivity contribution is 6.00. The lowest BCUT2D eigenvalue weighted by atomic mass is 9.60. The van der Waals surface area contributed by atoms with E-state index in [-0.39, 0.29) is 30.7 Å². The molecule has 0 amide bonds. The second-order valence-corrected chi connectivity index (χ2v) is 14.5. The van der Waals surface area contributed by atoms with E-state index in [0.717, 1.165) is 19.3 Å². The van der Waals surface area contributed by atoms with Crippen molar-refractivity contribution in [3.05, 3.63) is 23.3 Å². The highest BCUT2D eigenvalue weighted by Gasteiger charge is 2.87. The van der Waals surface area contributed by atoms with Crippen LogP contribution in [0.15, 0.2) is 23.3 Å². The van der Waals surface area contributed by atoms with Gasteiger partial charge in [-0.05, 0) is 30.9 Å². The molecule has 0 aromatic rings. The maximum Gasteiger partial charge on any atom is 0.306 e. The van der Waals surface area contributed by atoms with Crippen LogP contribution in [0.25, 0.3) is 0 Å². The number of allylic oxidation sites excluding steroid dienone is 1. The minimum Gasteiger partial charge on any atom is -0.458 e. The van der Waals surface area contributed by atoms with Gasteiger partial charge in [0.1, 0.15) is 6.10 Å². The zero-order valence-corrected chi connectivity index (χ0v) is 27.5. The molecule has 0 radical (unpaired) electrons. The van der Waals surface area contributed by atoms with Crippen LogP contribution in [-0.4, -0.2) is 51.8 Å². The molecule has 7 nitrogen and oxygen atoms in total. The van der Waals surface area contributed by atoms with Crippen LogP contribution in [-0.2, 0) is 23.9 Å². The minimum absolute atomic E-state index is 0.0115. The molecule has 0 aliphatic heterocycles. The van der Waals surface area contributed by atoms with E-state index < -0.39 is 52.4 Å². The third-order valence-corrected chi connectivity index (χ3v) is 11.4. The summed E-state index contributed by atoms with van der Waals surface area (Å²) >= 11 is 0. The predicted octanol–water partition coefficient (Wildman–Crippen LogP) is 6.64. The maximum absolute atomic E-state index is 13.3. The highest BCUT2D eigenvalue weighted by atomic mass is 16.6. The normalized spacial score (nSPS) is 35.6. The Labute approximate surface area is 258 Å². The molecule has 2 saturated carbocycles. The smallest absolute Gasteiger partial charge is 0.306 e. The van der Waals surface area contributed by atoms with E-state index in [9.17, 15) is 24.6 Å². The Bertz CT molecular complexity index is 1100. The minimum atomic E-state index is -1.42. The Balaban J connectivity index is 1.47. The maximum atomic E-state index is 13.3. The number of aliphatic hydroxyl groups is 2. The van der Waals surface area contributed by atoms with Gasteiger partial charge in [0.25, 0.3) is 0 Å². The molecule has 0 spiro atoms. The molecule has 0 unspecified atom stereocenters. The number of ether oxygens (including phenoxy) is 2. The first kappa shape index (κ1) is 33.9. The molecule has 8 atom stereocenters. The topological polar surface area (TPSA) is 110 Å². The Morgan fingerprint density at radius 3 is 2.09 bits per heavy atom. The molecule has 242 valence electrons. The van der Waals surface area contributed by atoms with E-state index in [4.69, 9.17) is 9.47 Å². The van der Waals surface area contributed by atoms with Gasteiger partial charge in [-0.15, -0.1) is 0 Å². The zero-order valence-electron chi connectivity index (χ0n) is 27.5. The van der Waals surface area contributed by atoms with Crippen molar-refractivity contribution in [3.8, 4) is 0 Å². The number of carbonyl (C=O) groups excluding carboxylic acids is 3. The molecule has 0 aromatic carbocycles. The molecule has 2 N–H and O–H groups in total. The number of rotatable bonds is 15. The average molecular weight is 601 g/mol. The number of aliphatic hydroxyl groups excluding tert-OH is 1. The van der Waals surface area contributed by atoms with Gasteiger partial charge in [-0.2, -0.15) is 0 Å². The Morgan fingerprint density at radius 1 is 0.953 bits per heavy atom. The zero-order chi connectivity index (χ0) is 31.6. The summed E-state index contributed by atoms with van der Waals surface area (Å²) in [5, 5.41) is 23.0. The van der Waals surface area contributed by atoms with Crippen LogP contribution >= 0.6 is 0 Å². The summed E-state index contributed by atoms with van der Waals surface area (Å²) in [6, 6.07) is 0. The molecule has 0 aromatic heterocycles. The molecule has 43 heavy (non-hydrogen) atoms. The second kappa shape index (κ2) is 13.6. The average Bonchev–Trinajstić information content (AvgIpc) is 3.34. The summed E-state index contributed by atoms with van der Waals surface area (Å²) in [5.41, 5.74) is -1.78. The van der Waals surface area contributed by atoms with E-state index in [1.165, 1.54) is 58.3 Å². The number of Topliss-reactive ketones (excluding diaryl/α,β-unsaturated/α-hetero) is 1. The third-order valence-electron chi connectivity index (χ3n) is 11.4. The fraction of sp³-hybridized carbons (Fsp3) is 0.806. The molecule has 4 aliphatic rings. The van der Waals surface area contributed by atoms with E-state index >= 15 is 0 Å². The largest absolute Gasteiger partial charge is 0.458 e. The number of unbranched alkanes of at least 4 members (excludes halogenated alkanes) is 10. The lowest BCUT2D eigenvalue weighted by Gasteiger charge is -2.52. The number of hydrogen-bond acceptors (Lipinski definition) is 7. The van der Waals surface area contributed by atoms with Crippen molar-refractivity contribution in [2.45, 2.75) is 142 Å². The van der Waals surface area contributed by atoms with Gasteiger partial charge < -0.3 is 19.7 Å². The van der Waals surface area contributed by atoms with Crippen LogP contribution in [0.1, 0.15) is 125 Å². The molecule has 0 saturated heterocycles. The van der Waals surface area contributed by atoms with Crippen molar-refractivity contribution in [1.29, 1.82) is 0 Å². The van der Waals surface area contributed by atoms with Crippen LogP contribution < -0.4 is 0 Å². The summed E-state index contributed by atoms with van der Waals surface area (Å²) in [6.07, 6.45) is 16.7. The van der Waals surface area contributed by atoms with Crippen molar-refractivity contribution in [2.75, 3.05) is 6.61 Å². The Kier molecular flexibility index (Phi) is 10.7. The fourth-order valence-corrected chi connectivity index (χ4v) is 9.13. The first-order valence-corrected chi connectivity index (χ1v) is 17.0. The van der Waals surface area contributed by atoms with Gasteiger partial charge in [-0.1, -0.05) is 104 Å². The summed E-state index contributed by atoms with van der Waals surface area (Å²) in [6.45, 7) is 11.0. The van der Waals surface area contributed by atoms with Gasteiger partial charge in [0.05, 0.1) is 12.2 Å². The third kappa shape index (κ3) is 6.14. The summed E-state index contributed by atoms with van der Waals surface area (Å²) in [7, 11) is 0. The summed E-state index contributed by atoms with van der Waals surface area (Å²) < 4.78 is 12.4. The van der Waals surface area contributed by atoms with Crippen molar-refractivity contribution in [2.24, 2.45) is 35.0 Å². The summed E-state index contributed by atoms with van der Waals surface area (Å²) in [4.78, 5) is 39.0. The number of esters is 2. The van der Waals surface area contributed by atoms with Crippen molar-refractivity contribution < 1.29 is 34.1 Å². The van der Waals surface area contributed by atoms with Gasteiger partial charge >= 0.3 is 11.9 Å². The number of ketones is 1. The SMILES string of the molecule is CCCCCCCCCCCCCC(=O)O[C@@H]1[C@@H](C)[C@]2(O)[C@@H]3C=C(C)C(=O)[C@@H]3CC(CO)=C[C@H]2[C@@H]2C(C)(C)[C@]12OC(C)=O. The lowest BCUT2D eigenvalue weighted by molar-refractivity contribution is -0.219. The molecule has 4 rings (SSSR count). The van der Waals surface area contributed by atoms with Crippen LogP contribution in [0.4, 0.5) is 0 Å². The van der Waals surface area contributed by atoms with Gasteiger partial charge in [0.15, 0.2) is 11.4 Å². The molecule has 4 aliphatic carbocycles. The van der Waals surface area contributed by atoms with Crippen LogP contribution in [0, 0.1) is 35.0 Å². The van der Waals surface area contributed by atoms with E-state index in [2.05, 4.69) is 6.92 Å². The van der Waals surface area contributed by atoms with Gasteiger partial charge in [-0.25, -0.2) is 0 Å². The fourth-order valence-electron chi connectivity index (χ4n) is 9.13. The van der Waals surface area contributed by atoms with Crippen LogP contribution in [0.2, 0.25) is 0 Å². The van der Waals surface area contributed by atoms with Crippen LogP contribution in [0.3, 0.4) is 0 Å². The van der Waals surface area contributed by atoms with Crippen molar-refractivity contribution in [1.82, 2.24) is 0 Å². The Hall–Kier alpha value is -1.99. The predicted molar refractivity (Wildman–Crippen MR) is 166 cm³/mol. The molecular weight excluding hydrogens is 544 g/mol. The molecule has 0 bridgehead atoms. The van der Waals surface area contributed by atoms with E-state index in [0.29, 0.717) is 17.6 Å². The van der Waals surface area contributed by atoms with E-state index in [1.54, 1.807) is 6.92 Å².